The van der Waals surface area contributed by atoms with Crippen molar-refractivity contribution < 1.29 is 28.4 Å². The summed E-state index contributed by atoms with van der Waals surface area (Å²) in [6.45, 7) is 9.11. The van der Waals surface area contributed by atoms with Crippen molar-refractivity contribution in [3.05, 3.63) is 71.6 Å². The molecule has 12 heteroatoms. The summed E-state index contributed by atoms with van der Waals surface area (Å²) < 4.78 is 23.9. The lowest BCUT2D eigenvalue weighted by molar-refractivity contribution is -0.116. The molecule has 0 aliphatic heterocycles. The Kier molecular flexibility index (Phi) is 9.77. The molecule has 41 heavy (non-hydrogen) atoms. The van der Waals surface area contributed by atoms with Gasteiger partial charge in [-0.15, -0.1) is 0 Å². The maximum Gasteiger partial charge on any atom is 0.524 e. The quantitative estimate of drug-likeness (QED) is 0.0971. The predicted octanol–water partition coefficient (Wildman–Crippen LogP) is 4.20. The predicted molar refractivity (Wildman–Crippen MR) is 159 cm³/mol. The highest BCUT2D eigenvalue weighted by atomic mass is 31.2. The molecular weight excluding hydrogens is 545 g/mol. The summed E-state index contributed by atoms with van der Waals surface area (Å²) in [6.07, 6.45) is 4.65. The number of hydrogen-bond acceptors (Lipinski definition) is 7. The molecule has 4 rings (SSSR count). The molecule has 1 amide bonds. The number of anilines is 1. The molecule has 2 aromatic heterocycles. The van der Waals surface area contributed by atoms with Crippen LogP contribution in [0, 0.1) is 6.92 Å². The number of nitrogens with zero attached hydrogens (tertiary/aromatic N) is 3. The summed E-state index contributed by atoms with van der Waals surface area (Å²) in [5.74, 6) is 1.17. The summed E-state index contributed by atoms with van der Waals surface area (Å²) in [5.41, 5.74) is 11.3. The van der Waals surface area contributed by atoms with E-state index in [0.29, 0.717) is 49.6 Å². The van der Waals surface area contributed by atoms with Gasteiger partial charge >= 0.3 is 7.82 Å². The third-order valence-electron chi connectivity index (χ3n) is 6.66. The molecule has 2 heterocycles. The van der Waals surface area contributed by atoms with Gasteiger partial charge in [0.05, 0.1) is 24.2 Å². The van der Waals surface area contributed by atoms with E-state index in [0.717, 1.165) is 52.6 Å². The lowest BCUT2D eigenvalue weighted by Gasteiger charge is -2.14. The van der Waals surface area contributed by atoms with Gasteiger partial charge in [0.1, 0.15) is 17.1 Å². The number of phosphoric ester groups is 1. The van der Waals surface area contributed by atoms with Crippen molar-refractivity contribution >= 4 is 41.5 Å². The van der Waals surface area contributed by atoms with E-state index in [4.69, 9.17) is 20.0 Å². The van der Waals surface area contributed by atoms with E-state index in [1.165, 1.54) is 6.08 Å². The average Bonchev–Trinajstić information content (AvgIpc) is 3.28. The van der Waals surface area contributed by atoms with Crippen LogP contribution < -0.4 is 15.6 Å². The maximum absolute atomic E-state index is 11.3. The molecule has 0 radical (unpaired) electrons. The zero-order chi connectivity index (χ0) is 29.6. The lowest BCUT2D eigenvalue weighted by Crippen LogP contribution is -2.25. The van der Waals surface area contributed by atoms with Crippen molar-refractivity contribution in [1.82, 2.24) is 19.9 Å². The minimum atomic E-state index is -4.66. The Balaban J connectivity index is 1.63. The first-order chi connectivity index (χ1) is 19.6. The fourth-order valence-corrected chi connectivity index (χ4v) is 5.15. The molecule has 218 valence electrons. The van der Waals surface area contributed by atoms with E-state index >= 15 is 0 Å². The van der Waals surface area contributed by atoms with Crippen molar-refractivity contribution in [2.45, 2.75) is 46.1 Å². The van der Waals surface area contributed by atoms with Gasteiger partial charge in [0.2, 0.25) is 5.91 Å². The first-order valence-corrected chi connectivity index (χ1v) is 15.0. The molecule has 5 N–H and O–H groups in total. The molecule has 0 atom stereocenters. The zero-order valence-corrected chi connectivity index (χ0v) is 24.2. The second kappa shape index (κ2) is 13.3. The highest BCUT2D eigenvalue weighted by Crippen LogP contribution is 2.39. The first-order valence-electron chi connectivity index (χ1n) is 13.5. The Labute approximate surface area is 238 Å². The number of benzene rings is 2. The Hall–Kier alpha value is -3.76. The third-order valence-corrected chi connectivity index (χ3v) is 7.10. The zero-order valence-electron chi connectivity index (χ0n) is 23.3. The molecule has 0 spiro atoms. The van der Waals surface area contributed by atoms with Gasteiger partial charge in [0, 0.05) is 24.9 Å². The van der Waals surface area contributed by atoms with Gasteiger partial charge < -0.3 is 24.9 Å². The van der Waals surface area contributed by atoms with Gasteiger partial charge in [0.15, 0.2) is 5.82 Å². The Bertz CT molecular complexity index is 1610. The van der Waals surface area contributed by atoms with Crippen LogP contribution in [0.25, 0.3) is 21.9 Å². The number of aryl methyl sites for hydroxylation is 2. The molecule has 0 unspecified atom stereocenters. The fourth-order valence-electron chi connectivity index (χ4n) is 4.69. The molecule has 2 aromatic carbocycles. The van der Waals surface area contributed by atoms with Crippen molar-refractivity contribution in [2.75, 3.05) is 25.5 Å². The van der Waals surface area contributed by atoms with Crippen molar-refractivity contribution in [1.29, 1.82) is 0 Å². The largest absolute Gasteiger partial charge is 0.524 e. The number of nitrogen functional groups attached to an aromatic ring is 1. The minimum Gasteiger partial charge on any atom is -0.404 e. The normalized spacial score (nSPS) is 11.7. The number of aromatic nitrogens is 3. The van der Waals surface area contributed by atoms with E-state index in [1.54, 1.807) is 19.1 Å². The van der Waals surface area contributed by atoms with Crippen LogP contribution in [0.3, 0.4) is 0 Å². The number of unbranched alkanes of at least 4 members (excludes halogenated alkanes) is 1. The van der Waals surface area contributed by atoms with Crippen LogP contribution in [-0.2, 0) is 33.5 Å². The summed E-state index contributed by atoms with van der Waals surface area (Å²) in [5, 5.41) is 3.61. The molecule has 0 saturated carbocycles. The average molecular weight is 582 g/mol. The monoisotopic (exact) mass is 581 g/mol. The number of ether oxygens (including phenoxy) is 1. The number of fused-ring (bicyclic) bond motifs is 3. The number of phosphoric acid groups is 1. The Morgan fingerprint density at radius 3 is 2.63 bits per heavy atom. The van der Waals surface area contributed by atoms with E-state index in [9.17, 15) is 19.1 Å². The summed E-state index contributed by atoms with van der Waals surface area (Å²) in [4.78, 5) is 39.2. The standard InChI is InChI=1S/C29H36N5O6P/c1-4-6-7-25-33-27-28(34(25)18-21-9-11-24(19(3)16-21)40-41(36,37)38)22-10-8-20(17-23(22)32-29(27)30)12-14-39-15-13-31-26(35)5-2/h5,8-11,16-17H,2,4,6-7,12-15,18H2,1,3H3,(H2,30,32)(H,31,35)(H2,36,37,38). The molecule has 0 aliphatic carbocycles. The number of hydrogen-bond donors (Lipinski definition) is 4. The molecule has 11 nitrogen and oxygen atoms in total. The number of carbonyl (C=O) groups excluding carboxylic acids is 1. The summed E-state index contributed by atoms with van der Waals surface area (Å²) in [6, 6.07) is 11.3. The Morgan fingerprint density at radius 2 is 1.93 bits per heavy atom. The van der Waals surface area contributed by atoms with Gasteiger partial charge in [0.25, 0.3) is 0 Å². The number of carbonyl (C=O) groups is 1. The molecule has 0 fully saturated rings. The van der Waals surface area contributed by atoms with Gasteiger partial charge in [-0.25, -0.2) is 14.5 Å². The van der Waals surface area contributed by atoms with Gasteiger partial charge in [-0.3, -0.25) is 14.6 Å². The van der Waals surface area contributed by atoms with Crippen LogP contribution in [0.5, 0.6) is 5.75 Å². The highest BCUT2D eigenvalue weighted by molar-refractivity contribution is 7.46. The lowest BCUT2D eigenvalue weighted by atomic mass is 10.1. The van der Waals surface area contributed by atoms with E-state index in [-0.39, 0.29) is 11.7 Å². The van der Waals surface area contributed by atoms with Crippen LogP contribution >= 0.6 is 7.82 Å². The molecule has 0 bridgehead atoms. The van der Waals surface area contributed by atoms with Crippen LogP contribution in [0.1, 0.15) is 42.3 Å². The van der Waals surface area contributed by atoms with Crippen molar-refractivity contribution in [3.63, 3.8) is 0 Å². The molecular formula is C29H36N5O6P. The number of imidazole rings is 1. The van der Waals surface area contributed by atoms with Crippen LogP contribution in [-0.4, -0.2) is 50.0 Å². The number of nitrogens with two attached hydrogens (primary N) is 1. The highest BCUT2D eigenvalue weighted by Gasteiger charge is 2.20. The summed E-state index contributed by atoms with van der Waals surface area (Å²) >= 11 is 0. The smallest absolute Gasteiger partial charge is 0.404 e. The number of rotatable bonds is 14. The second-order valence-corrected chi connectivity index (χ2v) is 11.0. The molecule has 0 saturated heterocycles. The second-order valence-electron chi connectivity index (χ2n) is 9.80. The van der Waals surface area contributed by atoms with Crippen molar-refractivity contribution in [2.24, 2.45) is 0 Å². The van der Waals surface area contributed by atoms with Crippen LogP contribution in [0.15, 0.2) is 49.1 Å². The van der Waals surface area contributed by atoms with Gasteiger partial charge in [-0.1, -0.05) is 44.2 Å². The van der Waals surface area contributed by atoms with Gasteiger partial charge in [-0.05, 0) is 54.7 Å². The SMILES string of the molecule is C=CC(=O)NCCOCCc1ccc2c(c1)nc(N)c1nc(CCCC)n(Cc3ccc(OP(=O)(O)O)c(C)c3)c12. The summed E-state index contributed by atoms with van der Waals surface area (Å²) in [7, 11) is -4.66. The molecule has 4 aromatic rings. The minimum absolute atomic E-state index is 0.140. The number of pyridine rings is 1. The topological polar surface area (TPSA) is 162 Å². The van der Waals surface area contributed by atoms with Crippen LogP contribution in [0.2, 0.25) is 0 Å². The number of amides is 1. The van der Waals surface area contributed by atoms with Crippen LogP contribution in [0.4, 0.5) is 5.82 Å². The fraction of sp³-hybridized carbons (Fsp3) is 0.345. The van der Waals surface area contributed by atoms with E-state index < -0.39 is 7.82 Å². The number of nitrogens with one attached hydrogen (secondary N) is 1. The van der Waals surface area contributed by atoms with Gasteiger partial charge in [-0.2, -0.15) is 0 Å². The van der Waals surface area contributed by atoms with Crippen molar-refractivity contribution in [3.8, 4) is 5.75 Å². The maximum atomic E-state index is 11.3. The third kappa shape index (κ3) is 7.71. The molecule has 0 aliphatic rings. The first kappa shape index (κ1) is 30.2. The van der Waals surface area contributed by atoms with E-state index in [1.807, 2.05) is 24.3 Å². The Morgan fingerprint density at radius 1 is 1.15 bits per heavy atom. The van der Waals surface area contributed by atoms with E-state index in [2.05, 4.69) is 28.4 Å².